The van der Waals surface area contributed by atoms with Crippen LogP contribution in [0.4, 0.5) is 0 Å². The van der Waals surface area contributed by atoms with Crippen molar-refractivity contribution >= 4 is 0 Å². The van der Waals surface area contributed by atoms with E-state index < -0.39 is 0 Å². The molecule has 4 heteroatoms. The predicted molar refractivity (Wildman–Crippen MR) is 74.8 cm³/mol. The van der Waals surface area contributed by atoms with E-state index in [0.29, 0.717) is 12.5 Å². The van der Waals surface area contributed by atoms with E-state index in [1.807, 2.05) is 0 Å². The third-order valence-electron chi connectivity index (χ3n) is 3.35. The SMILES string of the molecule is COCC(O)CN1CCCC(CNC(C)(C)C)C1. The van der Waals surface area contributed by atoms with Crippen LogP contribution in [0, 0.1) is 5.92 Å². The lowest BCUT2D eigenvalue weighted by Crippen LogP contribution is -2.46. The molecule has 0 aromatic heterocycles. The Morgan fingerprint density at radius 3 is 2.78 bits per heavy atom. The molecule has 0 aromatic rings. The van der Waals surface area contributed by atoms with Gasteiger partial charge in [0.2, 0.25) is 0 Å². The first kappa shape index (κ1) is 15.9. The summed E-state index contributed by atoms with van der Waals surface area (Å²) in [6.07, 6.45) is 2.17. The Balaban J connectivity index is 2.27. The number of β-amino-alcohol motifs (C(OH)–C–C–N with tert-alkyl or cyclic N) is 1. The lowest BCUT2D eigenvalue weighted by atomic mass is 9.96. The van der Waals surface area contributed by atoms with Crippen LogP contribution in [0.25, 0.3) is 0 Å². The topological polar surface area (TPSA) is 44.7 Å². The molecule has 1 aliphatic rings. The third-order valence-corrected chi connectivity index (χ3v) is 3.35. The minimum atomic E-state index is -0.357. The molecule has 1 heterocycles. The maximum absolute atomic E-state index is 9.76. The minimum Gasteiger partial charge on any atom is -0.389 e. The van der Waals surface area contributed by atoms with Gasteiger partial charge in [-0.3, -0.25) is 0 Å². The van der Waals surface area contributed by atoms with Crippen molar-refractivity contribution < 1.29 is 9.84 Å². The van der Waals surface area contributed by atoms with Crippen molar-refractivity contribution in [2.45, 2.75) is 45.3 Å². The van der Waals surface area contributed by atoms with Crippen molar-refractivity contribution in [1.82, 2.24) is 10.2 Å². The zero-order chi connectivity index (χ0) is 13.6. The maximum Gasteiger partial charge on any atom is 0.0900 e. The van der Waals surface area contributed by atoms with Gasteiger partial charge in [-0.05, 0) is 52.6 Å². The van der Waals surface area contributed by atoms with Crippen LogP contribution in [0.5, 0.6) is 0 Å². The monoisotopic (exact) mass is 258 g/mol. The van der Waals surface area contributed by atoms with Gasteiger partial charge in [-0.2, -0.15) is 0 Å². The minimum absolute atomic E-state index is 0.192. The largest absolute Gasteiger partial charge is 0.389 e. The Hall–Kier alpha value is -0.160. The Bertz CT molecular complexity index is 228. The van der Waals surface area contributed by atoms with Gasteiger partial charge in [0, 0.05) is 25.7 Å². The van der Waals surface area contributed by atoms with Crippen LogP contribution < -0.4 is 5.32 Å². The fraction of sp³-hybridized carbons (Fsp3) is 1.00. The highest BCUT2D eigenvalue weighted by molar-refractivity contribution is 4.79. The standard InChI is InChI=1S/C14H30N2O2/c1-14(2,3)15-8-12-6-5-7-16(9-12)10-13(17)11-18-4/h12-13,15,17H,5-11H2,1-4H3. The molecule has 18 heavy (non-hydrogen) atoms. The lowest BCUT2D eigenvalue weighted by Gasteiger charge is -2.35. The summed E-state index contributed by atoms with van der Waals surface area (Å²) in [6.45, 7) is 11.0. The normalized spacial score (nSPS) is 24.2. The first-order valence-corrected chi connectivity index (χ1v) is 7.05. The molecule has 1 rings (SSSR count). The van der Waals surface area contributed by atoms with E-state index >= 15 is 0 Å². The summed E-state index contributed by atoms with van der Waals surface area (Å²) >= 11 is 0. The van der Waals surface area contributed by atoms with Gasteiger partial charge in [-0.1, -0.05) is 0 Å². The van der Waals surface area contributed by atoms with Crippen LogP contribution in [-0.2, 0) is 4.74 Å². The van der Waals surface area contributed by atoms with Crippen LogP contribution in [-0.4, -0.2) is 61.5 Å². The second kappa shape index (κ2) is 7.43. The molecule has 0 aromatic carbocycles. The first-order chi connectivity index (χ1) is 8.40. The molecule has 2 unspecified atom stereocenters. The zero-order valence-electron chi connectivity index (χ0n) is 12.4. The average molecular weight is 258 g/mol. The van der Waals surface area contributed by atoms with Crippen molar-refractivity contribution in [3.63, 3.8) is 0 Å². The van der Waals surface area contributed by atoms with Crippen molar-refractivity contribution in [2.75, 3.05) is 39.9 Å². The predicted octanol–water partition coefficient (Wildman–Crippen LogP) is 1.09. The highest BCUT2D eigenvalue weighted by Crippen LogP contribution is 2.17. The Kier molecular flexibility index (Phi) is 6.57. The number of likely N-dealkylation sites (tertiary alicyclic amines) is 1. The summed E-state index contributed by atoms with van der Waals surface area (Å²) in [7, 11) is 1.63. The molecule has 0 saturated carbocycles. The van der Waals surface area contributed by atoms with Crippen LogP contribution in [0.15, 0.2) is 0 Å². The fourth-order valence-corrected chi connectivity index (χ4v) is 2.48. The molecule has 0 aliphatic carbocycles. The molecule has 1 fully saturated rings. The highest BCUT2D eigenvalue weighted by atomic mass is 16.5. The van der Waals surface area contributed by atoms with Crippen molar-refractivity contribution in [2.24, 2.45) is 5.92 Å². The molecule has 4 nitrogen and oxygen atoms in total. The summed E-state index contributed by atoms with van der Waals surface area (Å²) in [5, 5.41) is 13.3. The molecule has 2 N–H and O–H groups in total. The van der Waals surface area contributed by atoms with E-state index in [-0.39, 0.29) is 11.6 Å². The smallest absolute Gasteiger partial charge is 0.0900 e. The van der Waals surface area contributed by atoms with E-state index in [1.54, 1.807) is 7.11 Å². The third kappa shape index (κ3) is 6.69. The van der Waals surface area contributed by atoms with Crippen LogP contribution in [0.2, 0.25) is 0 Å². The number of hydrogen-bond acceptors (Lipinski definition) is 4. The molecule has 1 aliphatic heterocycles. The Labute approximate surface area is 112 Å². The van der Waals surface area contributed by atoms with Gasteiger partial charge in [-0.15, -0.1) is 0 Å². The Morgan fingerprint density at radius 1 is 1.44 bits per heavy atom. The van der Waals surface area contributed by atoms with E-state index in [9.17, 15) is 5.11 Å². The van der Waals surface area contributed by atoms with Crippen molar-refractivity contribution in [3.8, 4) is 0 Å². The molecular weight excluding hydrogens is 228 g/mol. The van der Waals surface area contributed by atoms with Gasteiger partial charge in [0.1, 0.15) is 0 Å². The summed E-state index contributed by atoms with van der Waals surface area (Å²) in [6, 6.07) is 0. The van der Waals surface area contributed by atoms with Crippen molar-refractivity contribution in [1.29, 1.82) is 0 Å². The first-order valence-electron chi connectivity index (χ1n) is 7.05. The number of aliphatic hydroxyl groups excluding tert-OH is 1. The average Bonchev–Trinajstić information content (AvgIpc) is 2.26. The number of ether oxygens (including phenoxy) is 1. The van der Waals surface area contributed by atoms with E-state index in [2.05, 4.69) is 31.0 Å². The van der Waals surface area contributed by atoms with Crippen LogP contribution in [0.3, 0.4) is 0 Å². The second-order valence-electron chi connectivity index (χ2n) is 6.51. The summed E-state index contributed by atoms with van der Waals surface area (Å²) in [5.41, 5.74) is 0.192. The molecule has 0 spiro atoms. The van der Waals surface area contributed by atoms with Gasteiger partial charge in [-0.25, -0.2) is 0 Å². The number of piperidine rings is 1. The van der Waals surface area contributed by atoms with E-state index in [4.69, 9.17) is 4.74 Å². The van der Waals surface area contributed by atoms with Gasteiger partial charge >= 0.3 is 0 Å². The summed E-state index contributed by atoms with van der Waals surface area (Å²) in [4.78, 5) is 2.36. The summed E-state index contributed by atoms with van der Waals surface area (Å²) < 4.78 is 4.98. The zero-order valence-corrected chi connectivity index (χ0v) is 12.4. The molecule has 108 valence electrons. The van der Waals surface area contributed by atoms with Gasteiger partial charge in [0.25, 0.3) is 0 Å². The van der Waals surface area contributed by atoms with E-state index in [1.165, 1.54) is 12.8 Å². The number of nitrogens with one attached hydrogen (secondary N) is 1. The van der Waals surface area contributed by atoms with Gasteiger partial charge in [0.05, 0.1) is 12.7 Å². The van der Waals surface area contributed by atoms with E-state index in [0.717, 1.165) is 26.2 Å². The van der Waals surface area contributed by atoms with Crippen LogP contribution >= 0.6 is 0 Å². The quantitative estimate of drug-likeness (QED) is 0.749. The second-order valence-corrected chi connectivity index (χ2v) is 6.51. The summed E-state index contributed by atoms with van der Waals surface area (Å²) in [5.74, 6) is 0.702. The molecule has 0 amide bonds. The molecular formula is C14H30N2O2. The number of rotatable bonds is 6. The highest BCUT2D eigenvalue weighted by Gasteiger charge is 2.22. The van der Waals surface area contributed by atoms with Gasteiger partial charge in [0.15, 0.2) is 0 Å². The number of methoxy groups -OCH3 is 1. The molecule has 0 radical (unpaired) electrons. The molecule has 2 atom stereocenters. The number of nitrogens with zero attached hydrogens (tertiary/aromatic N) is 1. The van der Waals surface area contributed by atoms with Crippen LogP contribution in [0.1, 0.15) is 33.6 Å². The Morgan fingerprint density at radius 2 is 2.17 bits per heavy atom. The maximum atomic E-state index is 9.76. The lowest BCUT2D eigenvalue weighted by molar-refractivity contribution is 0.0267. The van der Waals surface area contributed by atoms with Crippen molar-refractivity contribution in [3.05, 3.63) is 0 Å². The number of aliphatic hydroxyl groups is 1. The fourth-order valence-electron chi connectivity index (χ4n) is 2.48. The molecule has 0 bridgehead atoms. The number of hydrogen-bond donors (Lipinski definition) is 2. The van der Waals surface area contributed by atoms with Gasteiger partial charge < -0.3 is 20.1 Å². The molecule has 1 saturated heterocycles.